The highest BCUT2D eigenvalue weighted by atomic mass is 32.1. The number of carbonyl (C=O) groups excluding carboxylic acids is 1. The van der Waals surface area contributed by atoms with Crippen molar-refractivity contribution in [2.45, 2.75) is 32.9 Å². The van der Waals surface area contributed by atoms with Crippen molar-refractivity contribution in [2.75, 3.05) is 7.11 Å². The molecule has 2 rings (SSSR count). The van der Waals surface area contributed by atoms with Crippen LogP contribution in [0.4, 0.5) is 0 Å². The van der Waals surface area contributed by atoms with Crippen molar-refractivity contribution < 1.29 is 14.6 Å². The Kier molecular flexibility index (Phi) is 4.35. The molecule has 0 saturated carbocycles. The number of hydrogen-bond donors (Lipinski definition) is 1. The molecule has 0 spiro atoms. The Bertz CT molecular complexity index is 622. The van der Waals surface area contributed by atoms with Crippen LogP contribution in [0, 0.1) is 5.41 Å². The van der Waals surface area contributed by atoms with Crippen LogP contribution in [0.2, 0.25) is 0 Å². The van der Waals surface area contributed by atoms with Gasteiger partial charge >= 0.3 is 5.97 Å². The smallest absolute Gasteiger partial charge is 0.354 e. The lowest BCUT2D eigenvalue weighted by Gasteiger charge is -2.42. The second-order valence-electron chi connectivity index (χ2n) is 6.26. The molecule has 6 heteroatoms. The number of ether oxygens (including phenoxy) is 1. The first-order valence-electron chi connectivity index (χ1n) is 6.98. The maximum atomic E-state index is 11.8. The van der Waals surface area contributed by atoms with Gasteiger partial charge in [-0.25, -0.2) is 9.80 Å². The van der Waals surface area contributed by atoms with E-state index in [1.54, 1.807) is 0 Å². The molecule has 5 nitrogen and oxygen atoms in total. The van der Waals surface area contributed by atoms with Crippen molar-refractivity contribution in [2.24, 2.45) is 10.5 Å². The first-order chi connectivity index (χ1) is 10.2. The van der Waals surface area contributed by atoms with Gasteiger partial charge in [0.05, 0.1) is 7.11 Å². The van der Waals surface area contributed by atoms with Gasteiger partial charge in [0, 0.05) is 17.4 Å². The molecule has 0 saturated heterocycles. The van der Waals surface area contributed by atoms with Crippen molar-refractivity contribution in [1.29, 1.82) is 0 Å². The van der Waals surface area contributed by atoms with Gasteiger partial charge in [-0.15, -0.1) is 0 Å². The molecule has 1 atom stereocenters. The van der Waals surface area contributed by atoms with E-state index in [0.717, 1.165) is 5.56 Å². The van der Waals surface area contributed by atoms with Gasteiger partial charge in [0.15, 0.2) is 11.4 Å². The summed E-state index contributed by atoms with van der Waals surface area (Å²) in [5, 5.41) is 16.8. The van der Waals surface area contributed by atoms with Crippen LogP contribution in [-0.4, -0.2) is 39.6 Å². The van der Waals surface area contributed by atoms with Crippen molar-refractivity contribution >= 4 is 28.9 Å². The van der Waals surface area contributed by atoms with Crippen LogP contribution in [-0.2, 0) is 9.53 Å². The highest BCUT2D eigenvalue weighted by Gasteiger charge is 2.52. The largest absolute Gasteiger partial charge is 0.464 e. The number of aliphatic hydroxyl groups is 1. The van der Waals surface area contributed by atoms with Crippen LogP contribution >= 0.6 is 12.2 Å². The first-order valence-corrected chi connectivity index (χ1v) is 7.39. The number of thiocarbonyl (C=S) groups is 1. The van der Waals surface area contributed by atoms with Crippen LogP contribution < -0.4 is 0 Å². The van der Waals surface area contributed by atoms with Gasteiger partial charge in [0.1, 0.15) is 4.99 Å². The Balaban J connectivity index is 2.45. The highest BCUT2D eigenvalue weighted by Crippen LogP contribution is 2.41. The Morgan fingerprint density at radius 2 is 1.95 bits per heavy atom. The van der Waals surface area contributed by atoms with Gasteiger partial charge < -0.3 is 9.84 Å². The van der Waals surface area contributed by atoms with E-state index in [-0.39, 0.29) is 12.1 Å². The molecule has 1 N–H and O–H groups in total. The molecule has 0 fully saturated rings. The fourth-order valence-corrected chi connectivity index (χ4v) is 2.61. The van der Waals surface area contributed by atoms with E-state index >= 15 is 0 Å². The lowest BCUT2D eigenvalue weighted by atomic mass is 9.80. The standard InChI is InChI=1S/C16H20N2O3S/c1-15(2,3)16(20)10-12(14(19)21-4)17-18(16)13(22)11-8-6-5-7-9-11/h5-9,20H,10H2,1-4H3. The zero-order valence-electron chi connectivity index (χ0n) is 13.2. The summed E-state index contributed by atoms with van der Waals surface area (Å²) in [7, 11) is 1.29. The molecule has 1 heterocycles. The summed E-state index contributed by atoms with van der Waals surface area (Å²) in [6.45, 7) is 5.63. The molecule has 1 aromatic rings. The summed E-state index contributed by atoms with van der Waals surface area (Å²) in [6, 6.07) is 9.29. The fourth-order valence-electron chi connectivity index (χ4n) is 2.28. The van der Waals surface area contributed by atoms with Crippen LogP contribution in [0.25, 0.3) is 0 Å². The van der Waals surface area contributed by atoms with Gasteiger partial charge in [-0.05, 0) is 0 Å². The summed E-state index contributed by atoms with van der Waals surface area (Å²) >= 11 is 5.48. The van der Waals surface area contributed by atoms with Crippen molar-refractivity contribution in [3.8, 4) is 0 Å². The SMILES string of the molecule is COC(=O)C1=NN(C(=S)c2ccccc2)C(O)(C(C)(C)C)C1. The number of hydrogen-bond acceptors (Lipinski definition) is 5. The Labute approximate surface area is 135 Å². The number of methoxy groups -OCH3 is 1. The molecular formula is C16H20N2O3S. The molecule has 1 aliphatic heterocycles. The van der Waals surface area contributed by atoms with Gasteiger partial charge in [0.25, 0.3) is 0 Å². The molecule has 22 heavy (non-hydrogen) atoms. The normalized spacial score (nSPS) is 21.5. The molecule has 0 amide bonds. The number of carbonyl (C=O) groups is 1. The van der Waals surface area contributed by atoms with Gasteiger partial charge in [-0.2, -0.15) is 5.10 Å². The lowest BCUT2D eigenvalue weighted by Crippen LogP contribution is -2.54. The number of hydrazone groups is 1. The average molecular weight is 320 g/mol. The predicted octanol–water partition coefficient (Wildman–Crippen LogP) is 2.33. The molecule has 0 aromatic heterocycles. The Hall–Kier alpha value is -1.79. The van der Waals surface area contributed by atoms with E-state index in [1.807, 2.05) is 51.1 Å². The maximum absolute atomic E-state index is 11.8. The Morgan fingerprint density at radius 1 is 1.36 bits per heavy atom. The van der Waals surface area contributed by atoms with Crippen molar-refractivity contribution in [3.05, 3.63) is 35.9 Å². The number of nitrogens with zero attached hydrogens (tertiary/aromatic N) is 2. The average Bonchev–Trinajstić information content (AvgIpc) is 2.85. The summed E-state index contributed by atoms with van der Waals surface area (Å²) < 4.78 is 4.72. The first kappa shape index (κ1) is 16.6. The molecule has 0 aliphatic carbocycles. The molecule has 1 aliphatic rings. The Morgan fingerprint density at radius 3 is 2.45 bits per heavy atom. The number of rotatable bonds is 2. The van der Waals surface area contributed by atoms with E-state index in [2.05, 4.69) is 5.10 Å². The third-order valence-electron chi connectivity index (χ3n) is 3.82. The summed E-state index contributed by atoms with van der Waals surface area (Å²) in [6.07, 6.45) is 0.0656. The van der Waals surface area contributed by atoms with E-state index < -0.39 is 17.1 Å². The minimum atomic E-state index is -1.39. The molecule has 1 unspecified atom stereocenters. The molecule has 118 valence electrons. The van der Waals surface area contributed by atoms with Crippen LogP contribution in [0.15, 0.2) is 35.4 Å². The topological polar surface area (TPSA) is 62.1 Å². The van der Waals surface area contributed by atoms with Crippen molar-refractivity contribution in [3.63, 3.8) is 0 Å². The number of esters is 1. The van der Waals surface area contributed by atoms with E-state index in [0.29, 0.717) is 4.99 Å². The second kappa shape index (κ2) is 5.78. The van der Waals surface area contributed by atoms with Crippen LogP contribution in [0.1, 0.15) is 32.8 Å². The van der Waals surface area contributed by atoms with Crippen LogP contribution in [0.5, 0.6) is 0 Å². The molecule has 1 aromatic carbocycles. The number of benzene rings is 1. The summed E-state index contributed by atoms with van der Waals surface area (Å²) in [5.41, 5.74) is -1.03. The molecule has 0 radical (unpaired) electrons. The second-order valence-corrected chi connectivity index (χ2v) is 6.65. The van der Waals surface area contributed by atoms with Crippen LogP contribution in [0.3, 0.4) is 0 Å². The quantitative estimate of drug-likeness (QED) is 0.669. The third kappa shape index (κ3) is 2.76. The van der Waals surface area contributed by atoms with E-state index in [4.69, 9.17) is 17.0 Å². The zero-order chi connectivity index (χ0) is 16.5. The lowest BCUT2D eigenvalue weighted by molar-refractivity contribution is -0.136. The zero-order valence-corrected chi connectivity index (χ0v) is 14.0. The summed E-state index contributed by atoms with van der Waals surface area (Å²) in [4.78, 5) is 12.2. The predicted molar refractivity (Wildman–Crippen MR) is 88.5 cm³/mol. The van der Waals surface area contributed by atoms with Crippen molar-refractivity contribution in [1.82, 2.24) is 5.01 Å². The van der Waals surface area contributed by atoms with Gasteiger partial charge in [0.2, 0.25) is 0 Å². The maximum Gasteiger partial charge on any atom is 0.354 e. The minimum absolute atomic E-state index is 0.0656. The molecule has 0 bridgehead atoms. The van der Waals surface area contributed by atoms with E-state index in [9.17, 15) is 9.90 Å². The third-order valence-corrected chi connectivity index (χ3v) is 4.23. The summed E-state index contributed by atoms with van der Waals surface area (Å²) in [5.74, 6) is -0.555. The monoisotopic (exact) mass is 320 g/mol. The minimum Gasteiger partial charge on any atom is -0.464 e. The van der Waals surface area contributed by atoms with E-state index in [1.165, 1.54) is 12.1 Å². The highest BCUT2D eigenvalue weighted by molar-refractivity contribution is 7.80. The van der Waals surface area contributed by atoms with Gasteiger partial charge in [-0.1, -0.05) is 63.3 Å². The molecular weight excluding hydrogens is 300 g/mol. The van der Waals surface area contributed by atoms with Gasteiger partial charge in [-0.3, -0.25) is 0 Å². The fraction of sp³-hybridized carbons (Fsp3) is 0.438.